The number of hydrogen-bond donors (Lipinski definition) is 2. The van der Waals surface area contributed by atoms with E-state index in [-0.39, 0.29) is 24.4 Å². The third kappa shape index (κ3) is 3.67. The highest BCUT2D eigenvalue weighted by Gasteiger charge is 2.26. The van der Waals surface area contributed by atoms with Crippen molar-refractivity contribution in [1.29, 1.82) is 0 Å². The average molecular weight is 307 g/mol. The van der Waals surface area contributed by atoms with Gasteiger partial charge in [0.15, 0.2) is 11.5 Å². The number of ether oxygens (including phenoxy) is 2. The van der Waals surface area contributed by atoms with Gasteiger partial charge in [-0.15, -0.1) is 0 Å². The molecule has 1 aromatic rings. The Balaban J connectivity index is 2.03. The normalized spacial score (nSPS) is 16.6. The molecule has 0 aromatic heterocycles. The molecule has 2 N–H and O–H groups in total. The van der Waals surface area contributed by atoms with Gasteiger partial charge in [0.25, 0.3) is 0 Å². The molecule has 2 rings (SSSR count). The van der Waals surface area contributed by atoms with E-state index < -0.39 is 0 Å². The lowest BCUT2D eigenvalue weighted by molar-refractivity contribution is -0.127. The molecule has 1 saturated heterocycles. The van der Waals surface area contributed by atoms with Crippen molar-refractivity contribution in [3.05, 3.63) is 18.2 Å². The Labute approximate surface area is 129 Å². The van der Waals surface area contributed by atoms with Crippen LogP contribution >= 0.6 is 0 Å². The highest BCUT2D eigenvalue weighted by atomic mass is 16.5. The van der Waals surface area contributed by atoms with Gasteiger partial charge in [0.2, 0.25) is 11.8 Å². The van der Waals surface area contributed by atoms with Gasteiger partial charge in [0.05, 0.1) is 26.8 Å². The lowest BCUT2D eigenvalue weighted by Gasteiger charge is -2.31. The molecule has 1 atom stereocenters. The maximum atomic E-state index is 12.3. The number of carbonyl (C=O) groups is 2. The standard InChI is InChI=1S/C15H21N3O4/c1-10(18-7-6-16-14(19)9-18)15(20)17-11-4-5-12(21-2)13(8-11)22-3/h4-5,8,10H,6-7,9H2,1-3H3,(H,16,19)(H,17,20)/t10-/m1/s1. The summed E-state index contributed by atoms with van der Waals surface area (Å²) in [5.74, 6) is 0.922. The summed E-state index contributed by atoms with van der Waals surface area (Å²) < 4.78 is 10.4. The second kappa shape index (κ2) is 7.13. The Bertz CT molecular complexity index is 562. The van der Waals surface area contributed by atoms with Crippen LogP contribution in [0.3, 0.4) is 0 Å². The van der Waals surface area contributed by atoms with E-state index in [0.717, 1.165) is 0 Å². The molecule has 1 fully saturated rings. The van der Waals surface area contributed by atoms with Crippen molar-refractivity contribution in [2.24, 2.45) is 0 Å². The van der Waals surface area contributed by atoms with Crippen LogP contribution in [0, 0.1) is 0 Å². The second-order valence-electron chi connectivity index (χ2n) is 5.06. The van der Waals surface area contributed by atoms with Crippen LogP contribution in [0.4, 0.5) is 5.69 Å². The summed E-state index contributed by atoms with van der Waals surface area (Å²) in [5.41, 5.74) is 0.621. The quantitative estimate of drug-likeness (QED) is 0.826. The summed E-state index contributed by atoms with van der Waals surface area (Å²) in [6.07, 6.45) is 0. The topological polar surface area (TPSA) is 79.9 Å². The van der Waals surface area contributed by atoms with Crippen molar-refractivity contribution in [1.82, 2.24) is 10.2 Å². The molecule has 7 nitrogen and oxygen atoms in total. The number of rotatable bonds is 5. The molecule has 0 unspecified atom stereocenters. The summed E-state index contributed by atoms with van der Waals surface area (Å²) in [7, 11) is 3.10. The zero-order valence-electron chi connectivity index (χ0n) is 13.0. The largest absolute Gasteiger partial charge is 0.493 e. The SMILES string of the molecule is COc1ccc(NC(=O)[C@@H](C)N2CCNC(=O)C2)cc1OC. The van der Waals surface area contributed by atoms with Gasteiger partial charge >= 0.3 is 0 Å². The fourth-order valence-corrected chi connectivity index (χ4v) is 2.32. The van der Waals surface area contributed by atoms with Crippen molar-refractivity contribution >= 4 is 17.5 Å². The molecule has 22 heavy (non-hydrogen) atoms. The molecule has 0 bridgehead atoms. The number of nitrogens with zero attached hydrogens (tertiary/aromatic N) is 1. The number of anilines is 1. The zero-order valence-corrected chi connectivity index (χ0v) is 13.0. The predicted molar refractivity (Wildman–Crippen MR) is 82.2 cm³/mol. The number of carbonyl (C=O) groups excluding carboxylic acids is 2. The molecule has 0 saturated carbocycles. The first kappa shape index (κ1) is 16.1. The molecule has 0 radical (unpaired) electrons. The van der Waals surface area contributed by atoms with Crippen LogP contribution in [0.1, 0.15) is 6.92 Å². The summed E-state index contributed by atoms with van der Waals surface area (Å²) in [4.78, 5) is 25.6. The lowest BCUT2D eigenvalue weighted by Crippen LogP contribution is -2.53. The third-order valence-electron chi connectivity index (χ3n) is 3.65. The predicted octanol–water partition coefficient (Wildman–Crippen LogP) is 0.463. The van der Waals surface area contributed by atoms with Gasteiger partial charge < -0.3 is 20.1 Å². The van der Waals surface area contributed by atoms with Crippen LogP contribution in [0.25, 0.3) is 0 Å². The minimum Gasteiger partial charge on any atom is -0.493 e. The van der Waals surface area contributed by atoms with E-state index in [1.54, 1.807) is 39.3 Å². The molecule has 1 aliphatic rings. The fourth-order valence-electron chi connectivity index (χ4n) is 2.32. The molecule has 0 spiro atoms. The molecule has 2 amide bonds. The summed E-state index contributed by atoms with van der Waals surface area (Å²) in [5, 5.41) is 5.57. The molecular formula is C15H21N3O4. The number of benzene rings is 1. The van der Waals surface area contributed by atoms with Gasteiger partial charge in [-0.25, -0.2) is 0 Å². The van der Waals surface area contributed by atoms with E-state index in [4.69, 9.17) is 9.47 Å². The second-order valence-corrected chi connectivity index (χ2v) is 5.06. The number of nitrogens with one attached hydrogen (secondary N) is 2. The summed E-state index contributed by atoms with van der Waals surface area (Å²) in [6.45, 7) is 3.24. The van der Waals surface area contributed by atoms with Gasteiger partial charge in [-0.1, -0.05) is 0 Å². The van der Waals surface area contributed by atoms with E-state index >= 15 is 0 Å². The van der Waals surface area contributed by atoms with Gasteiger partial charge in [0, 0.05) is 24.8 Å². The average Bonchev–Trinajstić information content (AvgIpc) is 2.53. The van der Waals surface area contributed by atoms with Crippen LogP contribution in [0.2, 0.25) is 0 Å². The van der Waals surface area contributed by atoms with Crippen LogP contribution < -0.4 is 20.1 Å². The Morgan fingerprint density at radius 3 is 2.68 bits per heavy atom. The number of hydrogen-bond acceptors (Lipinski definition) is 5. The molecule has 1 aliphatic heterocycles. The van der Waals surface area contributed by atoms with E-state index in [9.17, 15) is 9.59 Å². The zero-order chi connectivity index (χ0) is 16.1. The first-order valence-electron chi connectivity index (χ1n) is 7.08. The maximum absolute atomic E-state index is 12.3. The minimum absolute atomic E-state index is 0.0583. The Morgan fingerprint density at radius 2 is 2.05 bits per heavy atom. The Morgan fingerprint density at radius 1 is 1.32 bits per heavy atom. The summed E-state index contributed by atoms with van der Waals surface area (Å²) >= 11 is 0. The van der Waals surface area contributed by atoms with Gasteiger partial charge in [-0.05, 0) is 19.1 Å². The van der Waals surface area contributed by atoms with Crippen molar-refractivity contribution in [2.45, 2.75) is 13.0 Å². The molecule has 0 aliphatic carbocycles. The Kier molecular flexibility index (Phi) is 5.21. The minimum atomic E-state index is -0.390. The molecule has 120 valence electrons. The van der Waals surface area contributed by atoms with Gasteiger partial charge in [0.1, 0.15) is 0 Å². The highest BCUT2D eigenvalue weighted by molar-refractivity contribution is 5.95. The Hall–Kier alpha value is -2.28. The molecule has 1 heterocycles. The molecule has 7 heteroatoms. The number of amides is 2. The molecule has 1 aromatic carbocycles. The van der Waals surface area contributed by atoms with E-state index in [1.807, 2.05) is 4.90 Å². The van der Waals surface area contributed by atoms with Crippen LogP contribution in [0.5, 0.6) is 11.5 Å². The van der Waals surface area contributed by atoms with Crippen molar-refractivity contribution in [3.63, 3.8) is 0 Å². The van der Waals surface area contributed by atoms with Crippen LogP contribution in [-0.2, 0) is 9.59 Å². The van der Waals surface area contributed by atoms with E-state index in [0.29, 0.717) is 30.3 Å². The number of piperazine rings is 1. The number of methoxy groups -OCH3 is 2. The first-order chi connectivity index (χ1) is 10.5. The first-order valence-corrected chi connectivity index (χ1v) is 7.08. The summed E-state index contributed by atoms with van der Waals surface area (Å²) in [6, 6.07) is 4.79. The van der Waals surface area contributed by atoms with Crippen molar-refractivity contribution in [2.75, 3.05) is 39.2 Å². The van der Waals surface area contributed by atoms with Gasteiger partial charge in [-0.2, -0.15) is 0 Å². The smallest absolute Gasteiger partial charge is 0.241 e. The fraction of sp³-hybridized carbons (Fsp3) is 0.467. The van der Waals surface area contributed by atoms with Crippen molar-refractivity contribution < 1.29 is 19.1 Å². The molecular weight excluding hydrogens is 286 g/mol. The van der Waals surface area contributed by atoms with Crippen LogP contribution in [-0.4, -0.2) is 56.6 Å². The van der Waals surface area contributed by atoms with Crippen molar-refractivity contribution in [3.8, 4) is 11.5 Å². The maximum Gasteiger partial charge on any atom is 0.241 e. The lowest BCUT2D eigenvalue weighted by atomic mass is 10.2. The van der Waals surface area contributed by atoms with Crippen LogP contribution in [0.15, 0.2) is 18.2 Å². The highest BCUT2D eigenvalue weighted by Crippen LogP contribution is 2.29. The van der Waals surface area contributed by atoms with E-state index in [2.05, 4.69) is 10.6 Å². The monoisotopic (exact) mass is 307 g/mol. The third-order valence-corrected chi connectivity index (χ3v) is 3.65. The van der Waals surface area contributed by atoms with E-state index in [1.165, 1.54) is 0 Å². The van der Waals surface area contributed by atoms with Gasteiger partial charge in [-0.3, -0.25) is 14.5 Å².